The molecule has 0 aliphatic rings. The molecule has 0 aliphatic carbocycles. The number of carbonyl (C=O) groups is 3. The van der Waals surface area contributed by atoms with Gasteiger partial charge in [0.1, 0.15) is 17.2 Å². The van der Waals surface area contributed by atoms with Gasteiger partial charge in [0.2, 0.25) is 6.41 Å². The van der Waals surface area contributed by atoms with Gasteiger partial charge in [-0.3, -0.25) is 9.59 Å². The van der Waals surface area contributed by atoms with Crippen molar-refractivity contribution < 1.29 is 23.5 Å². The molecule has 3 aromatic rings. The molecule has 0 saturated heterocycles. The van der Waals surface area contributed by atoms with Crippen molar-refractivity contribution in [3.63, 3.8) is 0 Å². The molecule has 2 aromatic carbocycles. The van der Waals surface area contributed by atoms with Crippen molar-refractivity contribution in [3.8, 4) is 17.3 Å². The molecule has 3 rings (SSSR count). The lowest BCUT2D eigenvalue weighted by Crippen LogP contribution is -2.44. The van der Waals surface area contributed by atoms with E-state index < -0.39 is 11.7 Å². The summed E-state index contributed by atoms with van der Waals surface area (Å²) in [6, 6.07) is 18.6. The van der Waals surface area contributed by atoms with Gasteiger partial charge in [-0.25, -0.2) is 14.2 Å². The Morgan fingerprint density at radius 2 is 1.87 bits per heavy atom. The monoisotopic (exact) mass is 616 g/mol. The number of ether oxygens (including phenoxy) is 1. The van der Waals surface area contributed by atoms with Crippen molar-refractivity contribution in [2.24, 2.45) is 0 Å². The predicted molar refractivity (Wildman–Crippen MR) is 171 cm³/mol. The fraction of sp³-hybridized carbons (Fsp3) is 0.382. The minimum atomic E-state index is -0.599. The number of pyridine rings is 1. The highest BCUT2D eigenvalue weighted by Crippen LogP contribution is 2.25. The van der Waals surface area contributed by atoms with Crippen molar-refractivity contribution >= 4 is 24.2 Å². The van der Waals surface area contributed by atoms with Crippen molar-refractivity contribution in [1.82, 2.24) is 20.5 Å². The average Bonchev–Trinajstić information content (AvgIpc) is 3.01. The highest BCUT2D eigenvalue weighted by Gasteiger charge is 2.20. The minimum absolute atomic E-state index is 0.204. The Bertz CT molecular complexity index is 1500. The molecular weight excluding hydrogens is 575 g/mol. The average molecular weight is 617 g/mol. The van der Waals surface area contributed by atoms with Gasteiger partial charge in [0.05, 0.1) is 22.9 Å². The van der Waals surface area contributed by atoms with Crippen LogP contribution in [0.25, 0.3) is 11.3 Å². The largest absolute Gasteiger partial charge is 0.444 e. The Balaban J connectivity index is 1.70. The van der Waals surface area contributed by atoms with E-state index in [1.807, 2.05) is 19.1 Å². The number of alkyl carbamates (subject to hydrolysis) is 1. The third-order valence-corrected chi connectivity index (χ3v) is 6.89. The van der Waals surface area contributed by atoms with Crippen LogP contribution in [0.5, 0.6) is 0 Å². The van der Waals surface area contributed by atoms with Gasteiger partial charge in [-0.2, -0.15) is 5.26 Å². The minimum Gasteiger partial charge on any atom is -0.444 e. The van der Waals surface area contributed by atoms with E-state index in [4.69, 9.17) is 9.72 Å². The number of rotatable bonds is 15. The van der Waals surface area contributed by atoms with Gasteiger partial charge in [0.15, 0.2) is 0 Å². The van der Waals surface area contributed by atoms with Gasteiger partial charge in [-0.1, -0.05) is 37.3 Å². The Morgan fingerprint density at radius 1 is 1.09 bits per heavy atom. The number of halogens is 1. The maximum absolute atomic E-state index is 13.7. The number of benzene rings is 2. The molecule has 3 N–H and O–H groups in total. The Morgan fingerprint density at radius 3 is 2.56 bits per heavy atom. The number of nitrogens with one attached hydrogen (secondary N) is 3. The number of nitrogens with zero attached hydrogens (tertiary/aromatic N) is 3. The second kappa shape index (κ2) is 16.8. The predicted octanol–water partition coefficient (Wildman–Crippen LogP) is 5.30. The molecule has 1 heterocycles. The molecule has 0 saturated carbocycles. The van der Waals surface area contributed by atoms with Gasteiger partial charge in [-0.15, -0.1) is 0 Å². The first-order chi connectivity index (χ1) is 21.5. The van der Waals surface area contributed by atoms with E-state index in [2.05, 4.69) is 22.0 Å². The van der Waals surface area contributed by atoms with Gasteiger partial charge in [-0.05, 0) is 75.9 Å². The van der Waals surface area contributed by atoms with Gasteiger partial charge in [0.25, 0.3) is 5.91 Å². The summed E-state index contributed by atoms with van der Waals surface area (Å²) in [5.74, 6) is -0.385. The Labute approximate surface area is 264 Å². The molecule has 0 bridgehead atoms. The maximum atomic E-state index is 13.7. The van der Waals surface area contributed by atoms with E-state index in [0.717, 1.165) is 12.0 Å². The number of aromatic nitrogens is 1. The van der Waals surface area contributed by atoms with Crippen molar-refractivity contribution in [2.45, 2.75) is 58.6 Å². The molecule has 0 aliphatic heterocycles. The Hall–Kier alpha value is -4.98. The zero-order chi connectivity index (χ0) is 32.8. The van der Waals surface area contributed by atoms with Crippen LogP contribution in [0.1, 0.15) is 62.0 Å². The summed E-state index contributed by atoms with van der Waals surface area (Å²) in [7, 11) is 0. The topological polar surface area (TPSA) is 136 Å². The summed E-state index contributed by atoms with van der Waals surface area (Å²) in [5.41, 5.74) is 2.10. The third kappa shape index (κ3) is 10.9. The van der Waals surface area contributed by atoms with Crippen LogP contribution in [0.3, 0.4) is 0 Å². The first-order valence-corrected chi connectivity index (χ1v) is 15.0. The molecule has 0 fully saturated rings. The van der Waals surface area contributed by atoms with Crippen LogP contribution >= 0.6 is 0 Å². The first kappa shape index (κ1) is 34.5. The molecule has 45 heavy (non-hydrogen) atoms. The molecule has 0 spiro atoms. The van der Waals surface area contributed by atoms with Crippen LogP contribution in [0.4, 0.5) is 15.0 Å². The molecule has 1 atom stereocenters. The zero-order valence-corrected chi connectivity index (χ0v) is 26.2. The standard InChI is InChI=1S/C34H41FN6O4/c1-5-27(41(23-42)19-9-17-38-33(44)45-34(2,3)4)22-39-32(43)29-14-15-30(28-13-7-6-11-25(28)21-36)40-31(29)37-18-16-24-10-8-12-26(35)20-24/h6-8,10-15,20,23,27H,5,9,16-19,22H2,1-4H3,(H,37,40)(H,38,44)(H,39,43)/t27-/m1/s1. The van der Waals surface area contributed by atoms with Crippen molar-refractivity contribution in [1.29, 1.82) is 5.26 Å². The molecule has 11 heteroatoms. The van der Waals surface area contributed by atoms with E-state index in [1.165, 1.54) is 12.1 Å². The van der Waals surface area contributed by atoms with Crippen LogP contribution in [0.15, 0.2) is 60.7 Å². The summed E-state index contributed by atoms with van der Waals surface area (Å²) >= 11 is 0. The smallest absolute Gasteiger partial charge is 0.407 e. The second-order valence-corrected chi connectivity index (χ2v) is 11.5. The summed E-state index contributed by atoms with van der Waals surface area (Å²) < 4.78 is 18.9. The molecule has 0 unspecified atom stereocenters. The molecule has 0 radical (unpaired) electrons. The normalized spacial score (nSPS) is 11.6. The van der Waals surface area contributed by atoms with Crippen LogP contribution in [0, 0.1) is 17.1 Å². The lowest BCUT2D eigenvalue weighted by molar-refractivity contribution is -0.120. The van der Waals surface area contributed by atoms with E-state index in [-0.39, 0.29) is 24.3 Å². The quantitative estimate of drug-likeness (QED) is 0.156. The van der Waals surface area contributed by atoms with Gasteiger partial charge in [0, 0.05) is 37.8 Å². The van der Waals surface area contributed by atoms with E-state index in [9.17, 15) is 24.0 Å². The van der Waals surface area contributed by atoms with E-state index >= 15 is 0 Å². The first-order valence-electron chi connectivity index (χ1n) is 15.0. The van der Waals surface area contributed by atoms with Gasteiger partial charge >= 0.3 is 6.09 Å². The lowest BCUT2D eigenvalue weighted by Gasteiger charge is -2.28. The second-order valence-electron chi connectivity index (χ2n) is 11.5. The SMILES string of the molecule is CC[C@H](CNC(=O)c1ccc(-c2ccccc2C#N)nc1NCCc1cccc(F)c1)N(C=O)CCCNC(=O)OC(C)(C)C. The number of anilines is 1. The van der Waals surface area contributed by atoms with Crippen molar-refractivity contribution in [3.05, 3.63) is 83.2 Å². The molecule has 238 valence electrons. The number of amides is 3. The molecular formula is C34H41FN6O4. The maximum Gasteiger partial charge on any atom is 0.407 e. The highest BCUT2D eigenvalue weighted by molar-refractivity contribution is 5.99. The molecule has 3 amide bonds. The molecule has 1 aromatic heterocycles. The highest BCUT2D eigenvalue weighted by atomic mass is 19.1. The fourth-order valence-corrected chi connectivity index (χ4v) is 4.64. The van der Waals surface area contributed by atoms with Crippen LogP contribution in [-0.2, 0) is 16.0 Å². The third-order valence-electron chi connectivity index (χ3n) is 6.89. The number of hydrogen-bond donors (Lipinski definition) is 3. The summed E-state index contributed by atoms with van der Waals surface area (Å²) in [4.78, 5) is 43.5. The fourth-order valence-electron chi connectivity index (χ4n) is 4.64. The number of nitriles is 1. The number of carbonyl (C=O) groups excluding carboxylic acids is 3. The number of hydrogen-bond acceptors (Lipinski definition) is 7. The lowest BCUT2D eigenvalue weighted by atomic mass is 10.0. The van der Waals surface area contributed by atoms with Crippen molar-refractivity contribution in [2.75, 3.05) is 31.5 Å². The zero-order valence-electron chi connectivity index (χ0n) is 26.2. The molecule has 10 nitrogen and oxygen atoms in total. The van der Waals surface area contributed by atoms with Crippen LogP contribution in [-0.4, -0.2) is 66.1 Å². The van der Waals surface area contributed by atoms with E-state index in [1.54, 1.807) is 62.1 Å². The summed E-state index contributed by atoms with van der Waals surface area (Å²) in [6.07, 6.45) is 1.83. The summed E-state index contributed by atoms with van der Waals surface area (Å²) in [5, 5.41) is 18.4. The van der Waals surface area contributed by atoms with Crippen LogP contribution < -0.4 is 16.0 Å². The van der Waals surface area contributed by atoms with E-state index in [0.29, 0.717) is 67.1 Å². The van der Waals surface area contributed by atoms with Crippen LogP contribution in [0.2, 0.25) is 0 Å². The summed E-state index contributed by atoms with van der Waals surface area (Å²) in [6.45, 7) is 8.58. The Kier molecular flexibility index (Phi) is 12.8. The van der Waals surface area contributed by atoms with Gasteiger partial charge < -0.3 is 25.6 Å².